The minimum Gasteiger partial charge on any atom is -0.483 e. The Bertz CT molecular complexity index is 908. The Kier molecular flexibility index (Phi) is 5.36. The summed E-state index contributed by atoms with van der Waals surface area (Å²) < 4.78 is 5.61. The Balaban J connectivity index is 1.62. The monoisotopic (exact) mass is 372 g/mol. The summed E-state index contributed by atoms with van der Waals surface area (Å²) in [5.74, 6) is 0.465. The van der Waals surface area contributed by atoms with Gasteiger partial charge in [0.05, 0.1) is 5.69 Å². The second kappa shape index (κ2) is 7.68. The summed E-state index contributed by atoms with van der Waals surface area (Å²) in [6.07, 6.45) is 0. The number of nitrogens with zero attached hydrogens (tertiary/aromatic N) is 1. The maximum absolute atomic E-state index is 12.1. The number of rotatable bonds is 5. The molecule has 0 aliphatic rings. The van der Waals surface area contributed by atoms with Crippen molar-refractivity contribution in [2.75, 3.05) is 11.9 Å². The fourth-order valence-corrected chi connectivity index (χ4v) is 3.24. The molecule has 0 saturated carbocycles. The van der Waals surface area contributed by atoms with Gasteiger partial charge in [0.1, 0.15) is 5.75 Å². The van der Waals surface area contributed by atoms with Gasteiger partial charge >= 0.3 is 0 Å². The molecule has 0 spiro atoms. The van der Waals surface area contributed by atoms with Gasteiger partial charge in [-0.15, -0.1) is 11.3 Å². The fraction of sp³-hybridized carbons (Fsp3) is 0.158. The number of aryl methyl sites for hydroxylation is 2. The molecule has 0 radical (unpaired) electrons. The van der Waals surface area contributed by atoms with Crippen LogP contribution in [0.5, 0.6) is 5.75 Å². The fourth-order valence-electron chi connectivity index (χ4n) is 2.29. The summed E-state index contributed by atoms with van der Waals surface area (Å²) >= 11 is 7.53. The van der Waals surface area contributed by atoms with Crippen molar-refractivity contribution in [3.8, 4) is 17.0 Å². The number of carbonyl (C=O) groups excluding carboxylic acids is 1. The van der Waals surface area contributed by atoms with E-state index in [1.54, 1.807) is 0 Å². The molecule has 128 valence electrons. The minimum absolute atomic E-state index is 0.0642. The summed E-state index contributed by atoms with van der Waals surface area (Å²) in [4.78, 5) is 16.5. The van der Waals surface area contributed by atoms with E-state index in [0.717, 1.165) is 22.4 Å². The first-order valence-corrected chi connectivity index (χ1v) is 8.99. The molecule has 4 nitrogen and oxygen atoms in total. The van der Waals surface area contributed by atoms with Crippen LogP contribution >= 0.6 is 22.9 Å². The highest BCUT2D eigenvalue weighted by Gasteiger charge is 2.11. The summed E-state index contributed by atoms with van der Waals surface area (Å²) in [5.41, 5.74) is 3.66. The van der Waals surface area contributed by atoms with E-state index in [2.05, 4.69) is 10.3 Å². The maximum atomic E-state index is 12.1. The second-order valence-corrected chi connectivity index (χ2v) is 6.89. The molecule has 2 aromatic carbocycles. The van der Waals surface area contributed by atoms with Gasteiger partial charge in [-0.05, 0) is 37.1 Å². The van der Waals surface area contributed by atoms with E-state index in [0.29, 0.717) is 15.9 Å². The predicted molar refractivity (Wildman–Crippen MR) is 103 cm³/mol. The van der Waals surface area contributed by atoms with Crippen molar-refractivity contribution in [3.63, 3.8) is 0 Å². The van der Waals surface area contributed by atoms with Gasteiger partial charge in [-0.3, -0.25) is 10.1 Å². The first kappa shape index (κ1) is 17.5. The van der Waals surface area contributed by atoms with E-state index >= 15 is 0 Å². The third kappa shape index (κ3) is 4.38. The van der Waals surface area contributed by atoms with Crippen LogP contribution in [0.1, 0.15) is 11.1 Å². The highest BCUT2D eigenvalue weighted by atomic mass is 35.5. The lowest BCUT2D eigenvalue weighted by molar-refractivity contribution is -0.118. The first-order chi connectivity index (χ1) is 12.0. The van der Waals surface area contributed by atoms with Crippen molar-refractivity contribution in [1.82, 2.24) is 4.98 Å². The van der Waals surface area contributed by atoms with Crippen molar-refractivity contribution in [2.45, 2.75) is 13.8 Å². The highest BCUT2D eigenvalue weighted by molar-refractivity contribution is 7.14. The van der Waals surface area contributed by atoms with E-state index in [-0.39, 0.29) is 12.5 Å². The van der Waals surface area contributed by atoms with Crippen LogP contribution in [-0.4, -0.2) is 17.5 Å². The Morgan fingerprint density at radius 1 is 1.24 bits per heavy atom. The van der Waals surface area contributed by atoms with Gasteiger partial charge < -0.3 is 4.74 Å². The molecule has 1 heterocycles. The van der Waals surface area contributed by atoms with Crippen LogP contribution in [0.3, 0.4) is 0 Å². The molecule has 0 aliphatic carbocycles. The number of halogens is 1. The summed E-state index contributed by atoms with van der Waals surface area (Å²) in [7, 11) is 0. The Hall–Kier alpha value is -2.37. The van der Waals surface area contributed by atoms with Crippen LogP contribution in [0.4, 0.5) is 5.13 Å². The van der Waals surface area contributed by atoms with Crippen LogP contribution in [0.2, 0.25) is 5.02 Å². The number of hydrogen-bond acceptors (Lipinski definition) is 4. The lowest BCUT2D eigenvalue weighted by Crippen LogP contribution is -2.20. The van der Waals surface area contributed by atoms with Gasteiger partial charge in [-0.2, -0.15) is 0 Å². The number of nitrogens with one attached hydrogen (secondary N) is 1. The highest BCUT2D eigenvalue weighted by Crippen LogP contribution is 2.30. The Morgan fingerprint density at radius 2 is 2.04 bits per heavy atom. The standard InChI is InChI=1S/C19H17ClN2O2S/c1-12-7-8-13(2)17(9-12)24-10-18(23)22-19-21-16(11-25-19)14-5-3-4-6-15(14)20/h3-9,11H,10H2,1-2H3,(H,21,22,23). The van der Waals surface area contributed by atoms with Crippen LogP contribution in [0, 0.1) is 13.8 Å². The molecule has 0 fully saturated rings. The molecule has 1 aromatic heterocycles. The Morgan fingerprint density at radius 3 is 2.84 bits per heavy atom. The van der Waals surface area contributed by atoms with Crippen LogP contribution in [0.25, 0.3) is 11.3 Å². The van der Waals surface area contributed by atoms with Crippen molar-refractivity contribution in [1.29, 1.82) is 0 Å². The predicted octanol–water partition coefficient (Wildman–Crippen LogP) is 5.10. The first-order valence-electron chi connectivity index (χ1n) is 7.73. The number of carbonyl (C=O) groups is 1. The van der Waals surface area contributed by atoms with E-state index in [1.165, 1.54) is 11.3 Å². The van der Waals surface area contributed by atoms with E-state index in [4.69, 9.17) is 16.3 Å². The molecule has 3 aromatic rings. The average Bonchev–Trinajstić information content (AvgIpc) is 3.04. The number of thiazole rings is 1. The molecule has 0 saturated heterocycles. The zero-order valence-corrected chi connectivity index (χ0v) is 15.4. The van der Waals surface area contributed by atoms with Crippen LogP contribution in [-0.2, 0) is 4.79 Å². The van der Waals surface area contributed by atoms with E-state index in [9.17, 15) is 4.79 Å². The summed E-state index contributed by atoms with van der Waals surface area (Å²) in [6, 6.07) is 13.4. The molecule has 3 rings (SSSR count). The number of ether oxygens (including phenoxy) is 1. The molecule has 6 heteroatoms. The van der Waals surface area contributed by atoms with Crippen molar-refractivity contribution in [2.24, 2.45) is 0 Å². The Labute approximate surface area is 155 Å². The minimum atomic E-state index is -0.249. The SMILES string of the molecule is Cc1ccc(C)c(OCC(=O)Nc2nc(-c3ccccc3Cl)cs2)c1. The molecular weight excluding hydrogens is 356 g/mol. The quantitative estimate of drug-likeness (QED) is 0.678. The zero-order valence-electron chi connectivity index (χ0n) is 13.9. The molecular formula is C19H17ClN2O2S. The van der Waals surface area contributed by atoms with Gasteiger partial charge in [0.25, 0.3) is 5.91 Å². The summed E-state index contributed by atoms with van der Waals surface area (Å²) in [6.45, 7) is 3.87. The van der Waals surface area contributed by atoms with Gasteiger partial charge in [0.15, 0.2) is 11.7 Å². The molecule has 25 heavy (non-hydrogen) atoms. The smallest absolute Gasteiger partial charge is 0.264 e. The zero-order chi connectivity index (χ0) is 17.8. The third-order valence-corrected chi connectivity index (χ3v) is 4.69. The van der Waals surface area contributed by atoms with Gasteiger partial charge in [-0.25, -0.2) is 4.98 Å². The van der Waals surface area contributed by atoms with E-state index < -0.39 is 0 Å². The van der Waals surface area contributed by atoms with Crippen LogP contribution < -0.4 is 10.1 Å². The largest absolute Gasteiger partial charge is 0.483 e. The number of hydrogen-bond donors (Lipinski definition) is 1. The molecule has 1 N–H and O–H groups in total. The molecule has 1 amide bonds. The number of aromatic nitrogens is 1. The lowest BCUT2D eigenvalue weighted by Gasteiger charge is -2.09. The summed E-state index contributed by atoms with van der Waals surface area (Å²) in [5, 5.41) is 5.77. The molecule has 0 aliphatic heterocycles. The maximum Gasteiger partial charge on any atom is 0.264 e. The average molecular weight is 373 g/mol. The van der Waals surface area contributed by atoms with Gasteiger partial charge in [0, 0.05) is 16.0 Å². The third-order valence-electron chi connectivity index (χ3n) is 3.60. The lowest BCUT2D eigenvalue weighted by atomic mass is 10.1. The topological polar surface area (TPSA) is 51.2 Å². The van der Waals surface area contributed by atoms with Crippen molar-refractivity contribution >= 4 is 34.0 Å². The second-order valence-electron chi connectivity index (χ2n) is 5.62. The van der Waals surface area contributed by atoms with Crippen molar-refractivity contribution < 1.29 is 9.53 Å². The molecule has 0 unspecified atom stereocenters. The molecule has 0 bridgehead atoms. The number of benzene rings is 2. The van der Waals surface area contributed by atoms with Gasteiger partial charge in [-0.1, -0.05) is 41.9 Å². The van der Waals surface area contributed by atoms with Crippen molar-refractivity contribution in [3.05, 3.63) is 64.0 Å². The van der Waals surface area contributed by atoms with Crippen LogP contribution in [0.15, 0.2) is 47.8 Å². The van der Waals surface area contributed by atoms with Gasteiger partial charge in [0.2, 0.25) is 0 Å². The van der Waals surface area contributed by atoms with E-state index in [1.807, 2.05) is 61.7 Å². The number of anilines is 1. The number of amides is 1. The normalized spacial score (nSPS) is 10.5. The molecule has 0 atom stereocenters.